The molecule has 0 aliphatic rings. The highest BCUT2D eigenvalue weighted by Gasteiger charge is 2.41. The molecule has 0 spiro atoms. The largest absolute Gasteiger partial charge is 0.351 e. The van der Waals surface area contributed by atoms with Crippen LogP contribution in [-0.2, 0) is 9.47 Å². The minimum atomic E-state index is -0.231. The first-order valence-electron chi connectivity index (χ1n) is 10.3. The summed E-state index contributed by atoms with van der Waals surface area (Å²) in [6.07, 6.45) is 12.1. The van der Waals surface area contributed by atoms with Crippen LogP contribution in [0.15, 0.2) is 12.7 Å². The molecule has 0 fully saturated rings. The Morgan fingerprint density at radius 2 is 1.33 bits per heavy atom. The van der Waals surface area contributed by atoms with E-state index >= 15 is 0 Å². The van der Waals surface area contributed by atoms with Gasteiger partial charge in [0.25, 0.3) is 0 Å². The van der Waals surface area contributed by atoms with Gasteiger partial charge in [0.15, 0.2) is 6.29 Å². The zero-order chi connectivity index (χ0) is 18.3. The molecule has 24 heavy (non-hydrogen) atoms. The predicted octanol–water partition coefficient (Wildman–Crippen LogP) is 5.79. The van der Waals surface area contributed by atoms with Gasteiger partial charge in [-0.2, -0.15) is 0 Å². The summed E-state index contributed by atoms with van der Waals surface area (Å²) in [5.74, 6) is 0. The molecular formula is C21H43NO2. The second-order valence-electron chi connectivity index (χ2n) is 6.48. The Morgan fingerprint density at radius 1 is 0.833 bits per heavy atom. The van der Waals surface area contributed by atoms with E-state index in [4.69, 9.17) is 9.47 Å². The first-order chi connectivity index (χ1) is 11.7. The van der Waals surface area contributed by atoms with E-state index in [9.17, 15) is 0 Å². The normalized spacial score (nSPS) is 14.3. The average Bonchev–Trinajstić information content (AvgIpc) is 2.60. The molecule has 0 aliphatic heterocycles. The summed E-state index contributed by atoms with van der Waals surface area (Å²) in [4.78, 5) is 2.45. The highest BCUT2D eigenvalue weighted by Crippen LogP contribution is 2.31. The number of ether oxygens (including phenoxy) is 2. The van der Waals surface area contributed by atoms with Gasteiger partial charge in [0.2, 0.25) is 0 Å². The molecule has 0 aliphatic carbocycles. The van der Waals surface area contributed by atoms with E-state index in [-0.39, 0.29) is 11.8 Å². The van der Waals surface area contributed by atoms with Crippen LogP contribution in [0.4, 0.5) is 0 Å². The second-order valence-corrected chi connectivity index (χ2v) is 6.48. The van der Waals surface area contributed by atoms with Crippen molar-refractivity contribution in [3.63, 3.8) is 0 Å². The Kier molecular flexibility index (Phi) is 14.7. The van der Waals surface area contributed by atoms with Crippen molar-refractivity contribution in [2.45, 2.75) is 97.8 Å². The smallest absolute Gasteiger partial charge is 0.179 e. The Labute approximate surface area is 151 Å². The van der Waals surface area contributed by atoms with Crippen molar-refractivity contribution < 1.29 is 9.47 Å². The molecule has 1 unspecified atom stereocenters. The van der Waals surface area contributed by atoms with Crippen LogP contribution < -0.4 is 0 Å². The highest BCUT2D eigenvalue weighted by molar-refractivity contribution is 5.07. The lowest BCUT2D eigenvalue weighted by molar-refractivity contribution is -0.199. The van der Waals surface area contributed by atoms with Crippen LogP contribution in [0.1, 0.15) is 86.0 Å². The van der Waals surface area contributed by atoms with Crippen LogP contribution in [0, 0.1) is 0 Å². The number of unbranched alkanes of at least 4 members (excludes halogenated alkanes) is 6. The SMILES string of the molecule is C=CC(CCCCCCCCC)(C(OCC)OCC)N(CC)CC. The topological polar surface area (TPSA) is 21.7 Å². The van der Waals surface area contributed by atoms with Crippen LogP contribution in [0.25, 0.3) is 0 Å². The predicted molar refractivity (Wildman–Crippen MR) is 105 cm³/mol. The van der Waals surface area contributed by atoms with Gasteiger partial charge in [-0.05, 0) is 33.4 Å². The van der Waals surface area contributed by atoms with Crippen molar-refractivity contribution in [2.24, 2.45) is 0 Å². The molecule has 0 N–H and O–H groups in total. The van der Waals surface area contributed by atoms with E-state index in [1.807, 2.05) is 13.8 Å². The number of nitrogens with zero attached hydrogens (tertiary/aromatic N) is 1. The molecule has 144 valence electrons. The summed E-state index contributed by atoms with van der Waals surface area (Å²) in [6, 6.07) is 0. The van der Waals surface area contributed by atoms with Gasteiger partial charge in [0.1, 0.15) is 0 Å². The van der Waals surface area contributed by atoms with E-state index in [0.29, 0.717) is 13.2 Å². The van der Waals surface area contributed by atoms with Gasteiger partial charge in [0, 0.05) is 13.2 Å². The molecule has 0 aromatic rings. The van der Waals surface area contributed by atoms with Gasteiger partial charge in [-0.15, -0.1) is 6.58 Å². The van der Waals surface area contributed by atoms with Crippen molar-refractivity contribution in [1.82, 2.24) is 4.90 Å². The van der Waals surface area contributed by atoms with E-state index in [1.54, 1.807) is 0 Å². The maximum absolute atomic E-state index is 6.00. The molecule has 0 heterocycles. The number of likely N-dealkylation sites (N-methyl/N-ethyl adjacent to an activating group) is 1. The van der Waals surface area contributed by atoms with Gasteiger partial charge in [-0.25, -0.2) is 0 Å². The molecule has 0 saturated heterocycles. The number of hydrogen-bond acceptors (Lipinski definition) is 3. The minimum absolute atomic E-state index is 0.223. The van der Waals surface area contributed by atoms with Crippen LogP contribution in [-0.4, -0.2) is 43.0 Å². The fourth-order valence-corrected chi connectivity index (χ4v) is 3.57. The van der Waals surface area contributed by atoms with Crippen molar-refractivity contribution in [2.75, 3.05) is 26.3 Å². The zero-order valence-electron chi connectivity index (χ0n) is 17.1. The van der Waals surface area contributed by atoms with Crippen LogP contribution in [0.5, 0.6) is 0 Å². The van der Waals surface area contributed by atoms with E-state index in [1.165, 1.54) is 44.9 Å². The highest BCUT2D eigenvalue weighted by atomic mass is 16.7. The summed E-state index contributed by atoms with van der Waals surface area (Å²) in [5, 5.41) is 0. The molecule has 1 atom stereocenters. The summed E-state index contributed by atoms with van der Waals surface area (Å²) >= 11 is 0. The standard InChI is InChI=1S/C21H43NO2/c1-7-13-14-15-16-17-18-19-21(8-2,22(9-3)10-4)20(23-11-5)24-12-6/h8,20H,2,7,9-19H2,1,3-6H3. The van der Waals surface area contributed by atoms with Gasteiger partial charge >= 0.3 is 0 Å². The van der Waals surface area contributed by atoms with Gasteiger partial charge in [-0.3, -0.25) is 4.90 Å². The third kappa shape index (κ3) is 7.67. The Balaban J connectivity index is 4.86. The summed E-state index contributed by atoms with van der Waals surface area (Å²) in [5.41, 5.74) is -0.223. The van der Waals surface area contributed by atoms with Crippen LogP contribution >= 0.6 is 0 Å². The minimum Gasteiger partial charge on any atom is -0.351 e. The third-order valence-electron chi connectivity index (χ3n) is 4.93. The third-order valence-corrected chi connectivity index (χ3v) is 4.93. The van der Waals surface area contributed by atoms with Crippen LogP contribution in [0.3, 0.4) is 0 Å². The molecule has 0 saturated carbocycles. The van der Waals surface area contributed by atoms with E-state index in [0.717, 1.165) is 19.5 Å². The lowest BCUT2D eigenvalue weighted by Gasteiger charge is -2.45. The Bertz CT molecular complexity index is 286. The second kappa shape index (κ2) is 14.9. The molecule has 3 nitrogen and oxygen atoms in total. The maximum atomic E-state index is 6.00. The fraction of sp³-hybridized carbons (Fsp3) is 0.905. The summed E-state index contributed by atoms with van der Waals surface area (Å²) in [7, 11) is 0. The molecular weight excluding hydrogens is 298 g/mol. The monoisotopic (exact) mass is 341 g/mol. The van der Waals surface area contributed by atoms with Gasteiger partial charge < -0.3 is 9.47 Å². The first-order valence-corrected chi connectivity index (χ1v) is 10.3. The van der Waals surface area contributed by atoms with E-state index in [2.05, 4.69) is 38.3 Å². The molecule has 3 heteroatoms. The van der Waals surface area contributed by atoms with Crippen molar-refractivity contribution >= 4 is 0 Å². The Hall–Kier alpha value is -0.380. The maximum Gasteiger partial charge on any atom is 0.179 e. The summed E-state index contributed by atoms with van der Waals surface area (Å²) < 4.78 is 12.0. The zero-order valence-corrected chi connectivity index (χ0v) is 17.1. The average molecular weight is 342 g/mol. The van der Waals surface area contributed by atoms with Crippen molar-refractivity contribution in [3.05, 3.63) is 12.7 Å². The molecule has 0 amide bonds. The lowest BCUT2D eigenvalue weighted by Crippen LogP contribution is -2.57. The first kappa shape index (κ1) is 23.6. The summed E-state index contributed by atoms with van der Waals surface area (Å²) in [6.45, 7) is 18.2. The molecule has 0 aromatic carbocycles. The number of rotatable bonds is 17. The van der Waals surface area contributed by atoms with Gasteiger partial charge in [-0.1, -0.05) is 71.8 Å². The molecule has 0 bridgehead atoms. The van der Waals surface area contributed by atoms with E-state index < -0.39 is 0 Å². The van der Waals surface area contributed by atoms with Gasteiger partial charge in [0.05, 0.1) is 5.54 Å². The number of hydrogen-bond donors (Lipinski definition) is 0. The van der Waals surface area contributed by atoms with Crippen molar-refractivity contribution in [3.8, 4) is 0 Å². The molecule has 0 aromatic heterocycles. The van der Waals surface area contributed by atoms with Crippen LogP contribution in [0.2, 0.25) is 0 Å². The Morgan fingerprint density at radius 3 is 1.75 bits per heavy atom. The molecule has 0 rings (SSSR count). The quantitative estimate of drug-likeness (QED) is 0.190. The fourth-order valence-electron chi connectivity index (χ4n) is 3.57. The molecule has 0 radical (unpaired) electrons. The lowest BCUT2D eigenvalue weighted by atomic mass is 9.88. The van der Waals surface area contributed by atoms with Crippen molar-refractivity contribution in [1.29, 1.82) is 0 Å².